The number of anilines is 1. The van der Waals surface area contributed by atoms with E-state index in [-0.39, 0.29) is 27.6 Å². The van der Waals surface area contributed by atoms with Crippen molar-refractivity contribution in [1.82, 2.24) is 4.98 Å². The van der Waals surface area contributed by atoms with E-state index in [2.05, 4.69) is 9.71 Å². The highest BCUT2D eigenvalue weighted by molar-refractivity contribution is 7.92. The van der Waals surface area contributed by atoms with E-state index in [4.69, 9.17) is 11.6 Å². The molecule has 3 aromatic rings. The number of pyridine rings is 1. The maximum Gasteiger partial charge on any atom is 0.311 e. The molecule has 9 heteroatoms. The standard InChI is InChI=1S/C22H20ClFN2O4S/c1-3-17(22(27)28)19-8-7-18(14-5-4-6-15(24)10-14)21(20(19)23)26-31(29,30)16-9-13(2)11-25-12-16/h4-12,17,26H,3H2,1-2H3,(H,27,28). The Morgan fingerprint density at radius 2 is 1.97 bits per heavy atom. The van der Waals surface area contributed by atoms with E-state index in [0.29, 0.717) is 16.7 Å². The van der Waals surface area contributed by atoms with E-state index in [1.54, 1.807) is 19.9 Å². The van der Waals surface area contributed by atoms with Crippen molar-refractivity contribution in [2.24, 2.45) is 0 Å². The summed E-state index contributed by atoms with van der Waals surface area (Å²) in [5.41, 5.74) is 1.59. The van der Waals surface area contributed by atoms with E-state index < -0.39 is 27.7 Å². The van der Waals surface area contributed by atoms with Crippen molar-refractivity contribution in [1.29, 1.82) is 0 Å². The number of aliphatic carboxylic acids is 1. The van der Waals surface area contributed by atoms with Gasteiger partial charge in [0.15, 0.2) is 0 Å². The average Bonchev–Trinajstić information content (AvgIpc) is 2.71. The molecular formula is C22H20ClFN2O4S. The van der Waals surface area contributed by atoms with Crippen LogP contribution in [0, 0.1) is 12.7 Å². The lowest BCUT2D eigenvalue weighted by Gasteiger charge is -2.20. The van der Waals surface area contributed by atoms with Crippen molar-refractivity contribution in [3.8, 4) is 11.1 Å². The molecular weight excluding hydrogens is 443 g/mol. The van der Waals surface area contributed by atoms with Gasteiger partial charge in [-0.25, -0.2) is 12.8 Å². The highest BCUT2D eigenvalue weighted by Crippen LogP contribution is 2.41. The van der Waals surface area contributed by atoms with E-state index in [9.17, 15) is 22.7 Å². The number of sulfonamides is 1. The first-order chi connectivity index (χ1) is 14.6. The van der Waals surface area contributed by atoms with Crippen LogP contribution in [0.5, 0.6) is 0 Å². The topological polar surface area (TPSA) is 96.4 Å². The molecule has 31 heavy (non-hydrogen) atoms. The first kappa shape index (κ1) is 22.7. The number of carboxylic acid groups (broad SMARTS) is 1. The zero-order chi connectivity index (χ0) is 22.8. The van der Waals surface area contributed by atoms with E-state index >= 15 is 0 Å². The number of hydrogen-bond donors (Lipinski definition) is 2. The Labute approximate surface area is 184 Å². The molecule has 1 unspecified atom stereocenters. The molecule has 0 aliphatic carbocycles. The quantitative estimate of drug-likeness (QED) is 0.501. The van der Waals surface area contributed by atoms with Crippen LogP contribution in [0.25, 0.3) is 11.1 Å². The molecule has 1 aromatic heterocycles. The monoisotopic (exact) mass is 462 g/mol. The molecule has 1 atom stereocenters. The molecule has 0 fully saturated rings. The molecule has 0 bridgehead atoms. The Morgan fingerprint density at radius 1 is 1.23 bits per heavy atom. The number of nitrogens with zero attached hydrogens (tertiary/aromatic N) is 1. The summed E-state index contributed by atoms with van der Waals surface area (Å²) in [5, 5.41) is 9.50. The number of nitrogens with one attached hydrogen (secondary N) is 1. The molecule has 0 saturated carbocycles. The Balaban J connectivity index is 2.22. The molecule has 0 aliphatic rings. The van der Waals surface area contributed by atoms with Crippen molar-refractivity contribution < 1.29 is 22.7 Å². The summed E-state index contributed by atoms with van der Waals surface area (Å²) in [4.78, 5) is 15.5. The van der Waals surface area contributed by atoms with Gasteiger partial charge in [0.05, 0.1) is 16.6 Å². The van der Waals surface area contributed by atoms with E-state index in [1.807, 2.05) is 0 Å². The lowest BCUT2D eigenvalue weighted by Crippen LogP contribution is -2.16. The average molecular weight is 463 g/mol. The number of aromatic nitrogens is 1. The summed E-state index contributed by atoms with van der Waals surface area (Å²) in [5.74, 6) is -2.52. The fourth-order valence-corrected chi connectivity index (χ4v) is 4.79. The summed E-state index contributed by atoms with van der Waals surface area (Å²) in [6.45, 7) is 3.40. The number of rotatable bonds is 7. The molecule has 0 radical (unpaired) electrons. The summed E-state index contributed by atoms with van der Waals surface area (Å²) in [6, 6.07) is 10.1. The smallest absolute Gasteiger partial charge is 0.311 e. The van der Waals surface area contributed by atoms with Crippen LogP contribution in [0.3, 0.4) is 0 Å². The molecule has 0 saturated heterocycles. The maximum atomic E-state index is 13.8. The Bertz CT molecular complexity index is 1250. The van der Waals surface area contributed by atoms with Gasteiger partial charge in [-0.15, -0.1) is 0 Å². The van der Waals surface area contributed by atoms with Gasteiger partial charge in [-0.2, -0.15) is 0 Å². The molecule has 2 N–H and O–H groups in total. The minimum Gasteiger partial charge on any atom is -0.481 e. The molecule has 3 rings (SSSR count). The third-order valence-electron chi connectivity index (χ3n) is 4.79. The predicted molar refractivity (Wildman–Crippen MR) is 117 cm³/mol. The van der Waals surface area contributed by atoms with Crippen LogP contribution < -0.4 is 4.72 Å². The van der Waals surface area contributed by atoms with Gasteiger partial charge in [0, 0.05) is 18.0 Å². The van der Waals surface area contributed by atoms with Crippen LogP contribution in [0.1, 0.15) is 30.4 Å². The first-order valence-corrected chi connectivity index (χ1v) is 11.3. The van der Waals surface area contributed by atoms with Gasteiger partial charge >= 0.3 is 5.97 Å². The summed E-state index contributed by atoms with van der Waals surface area (Å²) in [7, 11) is -4.11. The number of halogens is 2. The van der Waals surface area contributed by atoms with Crippen LogP contribution in [0.2, 0.25) is 5.02 Å². The highest BCUT2D eigenvalue weighted by Gasteiger charge is 2.26. The molecule has 0 amide bonds. The van der Waals surface area contributed by atoms with Crippen molar-refractivity contribution in [2.45, 2.75) is 31.1 Å². The third-order valence-corrected chi connectivity index (χ3v) is 6.51. The second kappa shape index (κ2) is 9.03. The highest BCUT2D eigenvalue weighted by atomic mass is 35.5. The van der Waals surface area contributed by atoms with Gasteiger partial charge < -0.3 is 5.11 Å². The van der Waals surface area contributed by atoms with Crippen molar-refractivity contribution in [3.05, 3.63) is 76.8 Å². The minimum absolute atomic E-state index is 0.0222. The molecule has 1 heterocycles. The SMILES string of the molecule is CCC(C(=O)O)c1ccc(-c2cccc(F)c2)c(NS(=O)(=O)c2cncc(C)c2)c1Cl. The van der Waals surface area contributed by atoms with Crippen LogP contribution in [0.15, 0.2) is 59.8 Å². The number of benzene rings is 2. The molecule has 6 nitrogen and oxygen atoms in total. The van der Waals surface area contributed by atoms with Crippen molar-refractivity contribution in [2.75, 3.05) is 4.72 Å². The lowest BCUT2D eigenvalue weighted by atomic mass is 9.93. The Morgan fingerprint density at radius 3 is 2.58 bits per heavy atom. The third kappa shape index (κ3) is 4.86. The van der Waals surface area contributed by atoms with Gasteiger partial charge in [0.1, 0.15) is 10.7 Å². The van der Waals surface area contributed by atoms with Gasteiger partial charge in [-0.05, 0) is 48.2 Å². The fourth-order valence-electron chi connectivity index (χ4n) is 3.25. The molecule has 162 valence electrons. The fraction of sp³-hybridized carbons (Fsp3) is 0.182. The molecule has 0 aliphatic heterocycles. The van der Waals surface area contributed by atoms with Crippen LogP contribution in [-0.4, -0.2) is 24.5 Å². The zero-order valence-electron chi connectivity index (χ0n) is 16.8. The minimum atomic E-state index is -4.11. The molecule has 0 spiro atoms. The van der Waals surface area contributed by atoms with Gasteiger partial charge in [0.25, 0.3) is 10.0 Å². The number of carboxylic acids is 1. The first-order valence-electron chi connectivity index (χ1n) is 9.39. The zero-order valence-corrected chi connectivity index (χ0v) is 18.3. The van der Waals surface area contributed by atoms with Crippen molar-refractivity contribution >= 4 is 33.3 Å². The molecule has 2 aromatic carbocycles. The lowest BCUT2D eigenvalue weighted by molar-refractivity contribution is -0.138. The van der Waals surface area contributed by atoms with Crippen LogP contribution in [0.4, 0.5) is 10.1 Å². The normalized spacial score (nSPS) is 12.4. The second-order valence-corrected chi connectivity index (χ2v) is 9.06. The van der Waals surface area contributed by atoms with Gasteiger partial charge in [0.2, 0.25) is 0 Å². The van der Waals surface area contributed by atoms with Crippen LogP contribution >= 0.6 is 11.6 Å². The Hall–Kier alpha value is -2.97. The van der Waals surface area contributed by atoms with E-state index in [0.717, 1.165) is 0 Å². The largest absolute Gasteiger partial charge is 0.481 e. The number of hydrogen-bond acceptors (Lipinski definition) is 4. The van der Waals surface area contributed by atoms with E-state index in [1.165, 1.54) is 48.8 Å². The summed E-state index contributed by atoms with van der Waals surface area (Å²) < 4.78 is 42.4. The second-order valence-electron chi connectivity index (χ2n) is 7.00. The summed E-state index contributed by atoms with van der Waals surface area (Å²) >= 11 is 6.55. The van der Waals surface area contributed by atoms with Gasteiger partial charge in [-0.3, -0.25) is 14.5 Å². The van der Waals surface area contributed by atoms with Gasteiger partial charge in [-0.1, -0.05) is 42.8 Å². The van der Waals surface area contributed by atoms with Crippen molar-refractivity contribution in [3.63, 3.8) is 0 Å². The number of carbonyl (C=O) groups is 1. The van der Waals surface area contributed by atoms with Crippen LogP contribution in [-0.2, 0) is 14.8 Å². The predicted octanol–water partition coefficient (Wildman–Crippen LogP) is 5.23. The maximum absolute atomic E-state index is 13.8. The summed E-state index contributed by atoms with van der Waals surface area (Å²) in [6.07, 6.45) is 2.97. The Kier molecular flexibility index (Phi) is 6.62. The number of aryl methyl sites for hydroxylation is 1.